The Balaban J connectivity index is 0.000000269. The third kappa shape index (κ3) is 7.43. The fraction of sp³-hybridized carbons (Fsp3) is 0.269. The number of carboxylic acid groups (broad SMARTS) is 1. The fourth-order valence-electron chi connectivity index (χ4n) is 3.20. The van der Waals surface area contributed by atoms with Crippen LogP contribution in [0, 0.1) is 5.92 Å². The Bertz CT molecular complexity index is 921. The summed E-state index contributed by atoms with van der Waals surface area (Å²) in [4.78, 5) is 11.4. The minimum Gasteiger partial charge on any atom is -0.549 e. The van der Waals surface area contributed by atoms with Gasteiger partial charge in [0, 0.05) is 21.9 Å². The van der Waals surface area contributed by atoms with E-state index in [0.29, 0.717) is 18.4 Å². The molecule has 0 fully saturated rings. The van der Waals surface area contributed by atoms with Crippen molar-refractivity contribution in [3.05, 3.63) is 94.5 Å². The third-order valence-corrected chi connectivity index (χ3v) is 5.36. The van der Waals surface area contributed by atoms with Crippen molar-refractivity contribution in [2.75, 3.05) is 0 Å². The molecule has 0 heterocycles. The summed E-state index contributed by atoms with van der Waals surface area (Å²) >= 11 is 3.37. The molecule has 4 heteroatoms. The van der Waals surface area contributed by atoms with E-state index in [1.807, 2.05) is 80.6 Å². The second-order valence-electron chi connectivity index (χ2n) is 7.95. The second-order valence-corrected chi connectivity index (χ2v) is 8.86. The highest BCUT2D eigenvalue weighted by Gasteiger charge is 2.15. The van der Waals surface area contributed by atoms with E-state index in [1.54, 1.807) is 0 Å². The average Bonchev–Trinajstić information content (AvgIpc) is 2.73. The molecule has 0 aliphatic rings. The van der Waals surface area contributed by atoms with Gasteiger partial charge in [0.05, 0.1) is 0 Å². The Labute approximate surface area is 188 Å². The maximum atomic E-state index is 11.4. The van der Waals surface area contributed by atoms with Gasteiger partial charge in [-0.3, -0.25) is 0 Å². The van der Waals surface area contributed by atoms with Crippen LogP contribution in [0.3, 0.4) is 0 Å². The van der Waals surface area contributed by atoms with E-state index < -0.39 is 11.9 Å². The SMILES string of the molecule is CC(C)C[C@@H](C(=O)[O-])c1cccc(-c2ccccc2)c1.C[C@H]([NH3+])c1ccc(Br)cc1. The molecule has 0 unspecified atom stereocenters. The molecule has 2 atom stereocenters. The van der Waals surface area contributed by atoms with Gasteiger partial charge in [-0.15, -0.1) is 0 Å². The van der Waals surface area contributed by atoms with Gasteiger partial charge in [0.2, 0.25) is 0 Å². The summed E-state index contributed by atoms with van der Waals surface area (Å²) in [7, 11) is 0. The number of halogens is 1. The number of benzene rings is 3. The van der Waals surface area contributed by atoms with Crippen molar-refractivity contribution in [1.82, 2.24) is 0 Å². The lowest BCUT2D eigenvalue weighted by Crippen LogP contribution is -2.51. The van der Waals surface area contributed by atoms with Gasteiger partial charge in [-0.1, -0.05) is 96.5 Å². The van der Waals surface area contributed by atoms with Crippen LogP contribution >= 0.6 is 15.9 Å². The lowest BCUT2D eigenvalue weighted by Gasteiger charge is -2.21. The molecule has 0 aromatic heterocycles. The summed E-state index contributed by atoms with van der Waals surface area (Å²) in [6.45, 7) is 6.14. The zero-order valence-corrected chi connectivity index (χ0v) is 19.4. The number of aliphatic carboxylic acids is 1. The number of hydrogen-bond acceptors (Lipinski definition) is 2. The van der Waals surface area contributed by atoms with Crippen LogP contribution in [0.5, 0.6) is 0 Å². The molecule has 30 heavy (non-hydrogen) atoms. The molecule has 3 nitrogen and oxygen atoms in total. The maximum Gasteiger partial charge on any atom is 0.107 e. The third-order valence-electron chi connectivity index (χ3n) is 4.83. The van der Waals surface area contributed by atoms with Crippen LogP contribution in [0.1, 0.15) is 50.3 Å². The van der Waals surface area contributed by atoms with Gasteiger partial charge in [0.25, 0.3) is 0 Å². The van der Waals surface area contributed by atoms with Crippen molar-refractivity contribution in [2.45, 2.75) is 39.2 Å². The summed E-state index contributed by atoms with van der Waals surface area (Å²) < 4.78 is 1.12. The summed E-state index contributed by atoms with van der Waals surface area (Å²) in [5.41, 5.74) is 8.16. The molecular weight excluding hydrogens is 438 g/mol. The smallest absolute Gasteiger partial charge is 0.107 e. The molecule has 0 aliphatic heterocycles. The quantitative estimate of drug-likeness (QED) is 0.554. The predicted molar refractivity (Wildman–Crippen MR) is 125 cm³/mol. The van der Waals surface area contributed by atoms with Crippen molar-refractivity contribution >= 4 is 21.9 Å². The average molecular weight is 468 g/mol. The van der Waals surface area contributed by atoms with Crippen LogP contribution in [0.15, 0.2) is 83.3 Å². The first kappa shape index (κ1) is 23.8. The Morgan fingerprint density at radius 2 is 1.47 bits per heavy atom. The number of carbonyl (C=O) groups is 1. The molecule has 0 bridgehead atoms. The molecule has 0 spiro atoms. The first-order valence-electron chi connectivity index (χ1n) is 10.2. The number of hydrogen-bond donors (Lipinski definition) is 1. The molecule has 158 valence electrons. The van der Waals surface area contributed by atoms with Crippen molar-refractivity contribution in [1.29, 1.82) is 0 Å². The normalized spacial score (nSPS) is 12.6. The molecule has 0 aliphatic carbocycles. The van der Waals surface area contributed by atoms with Gasteiger partial charge in [0.15, 0.2) is 0 Å². The number of quaternary nitrogens is 1. The molecule has 0 saturated carbocycles. The number of carboxylic acids is 1. The van der Waals surface area contributed by atoms with Crippen LogP contribution in [-0.2, 0) is 4.79 Å². The highest BCUT2D eigenvalue weighted by Crippen LogP contribution is 2.27. The summed E-state index contributed by atoms with van der Waals surface area (Å²) in [5, 5.41) is 11.4. The van der Waals surface area contributed by atoms with Crippen LogP contribution in [0.2, 0.25) is 0 Å². The largest absolute Gasteiger partial charge is 0.549 e. The Kier molecular flexibility index (Phi) is 9.28. The van der Waals surface area contributed by atoms with Gasteiger partial charge in [-0.05, 0) is 48.1 Å². The zero-order chi connectivity index (χ0) is 22.1. The van der Waals surface area contributed by atoms with Crippen LogP contribution < -0.4 is 10.8 Å². The van der Waals surface area contributed by atoms with E-state index >= 15 is 0 Å². The first-order chi connectivity index (χ1) is 14.3. The topological polar surface area (TPSA) is 67.8 Å². The summed E-state index contributed by atoms with van der Waals surface area (Å²) in [6.07, 6.45) is 0.598. The Morgan fingerprint density at radius 3 is 2.00 bits per heavy atom. The minimum atomic E-state index is -0.996. The summed E-state index contributed by atoms with van der Waals surface area (Å²) in [5.74, 6) is -1.22. The standard InChI is InChI=1S/C18H20O2.C8H10BrN/c1-13(2)11-17(18(19)20)16-10-6-9-15(12-16)14-7-4-3-5-8-14;1-6(10)7-2-4-8(9)5-3-7/h3-10,12-13,17H,11H2,1-2H3,(H,19,20);2-6H,10H2,1H3/t17-;6-/m10/s1. The monoisotopic (exact) mass is 467 g/mol. The van der Waals surface area contributed by atoms with Crippen LogP contribution in [0.4, 0.5) is 0 Å². The van der Waals surface area contributed by atoms with Gasteiger partial charge < -0.3 is 15.6 Å². The van der Waals surface area contributed by atoms with Crippen molar-refractivity contribution in [3.8, 4) is 11.1 Å². The molecule has 3 aromatic carbocycles. The Hall–Kier alpha value is -2.43. The van der Waals surface area contributed by atoms with Gasteiger partial charge in [-0.2, -0.15) is 0 Å². The van der Waals surface area contributed by atoms with E-state index in [0.717, 1.165) is 21.2 Å². The molecule has 0 amide bonds. The number of carbonyl (C=O) groups excluding carboxylic acids is 1. The lowest BCUT2D eigenvalue weighted by molar-refractivity contribution is -0.420. The molecule has 3 N–H and O–H groups in total. The molecule has 0 radical (unpaired) electrons. The molecular formula is C26H30BrNO2. The van der Waals surface area contributed by atoms with Crippen molar-refractivity contribution in [3.63, 3.8) is 0 Å². The van der Waals surface area contributed by atoms with Crippen molar-refractivity contribution in [2.24, 2.45) is 5.92 Å². The predicted octanol–water partition coefficient (Wildman–Crippen LogP) is 4.99. The minimum absolute atomic E-state index is 0.318. The highest BCUT2D eigenvalue weighted by atomic mass is 79.9. The van der Waals surface area contributed by atoms with E-state index in [4.69, 9.17) is 0 Å². The van der Waals surface area contributed by atoms with E-state index in [2.05, 4.69) is 40.7 Å². The first-order valence-corrected chi connectivity index (χ1v) is 11.0. The highest BCUT2D eigenvalue weighted by molar-refractivity contribution is 9.10. The van der Waals surface area contributed by atoms with Gasteiger partial charge in [-0.25, -0.2) is 0 Å². The Morgan fingerprint density at radius 1 is 0.867 bits per heavy atom. The molecule has 3 rings (SSSR count). The lowest BCUT2D eigenvalue weighted by atomic mass is 9.89. The summed E-state index contributed by atoms with van der Waals surface area (Å²) in [6, 6.07) is 26.3. The maximum absolute atomic E-state index is 11.4. The van der Waals surface area contributed by atoms with Gasteiger partial charge in [0.1, 0.15) is 6.04 Å². The zero-order valence-electron chi connectivity index (χ0n) is 17.8. The second kappa shape index (κ2) is 11.7. The van der Waals surface area contributed by atoms with Gasteiger partial charge >= 0.3 is 0 Å². The molecule has 0 saturated heterocycles. The van der Waals surface area contributed by atoms with Crippen LogP contribution in [-0.4, -0.2) is 5.97 Å². The van der Waals surface area contributed by atoms with E-state index in [-0.39, 0.29) is 0 Å². The van der Waals surface area contributed by atoms with E-state index in [1.165, 1.54) is 5.56 Å². The molecule has 3 aromatic rings. The van der Waals surface area contributed by atoms with Crippen LogP contribution in [0.25, 0.3) is 11.1 Å². The van der Waals surface area contributed by atoms with E-state index in [9.17, 15) is 9.90 Å². The fourth-order valence-corrected chi connectivity index (χ4v) is 3.46. The number of rotatable bonds is 6. The van der Waals surface area contributed by atoms with Crippen molar-refractivity contribution < 1.29 is 15.6 Å².